The Labute approximate surface area is 143 Å². The fourth-order valence-electron chi connectivity index (χ4n) is 2.03. The van der Waals surface area contributed by atoms with Crippen molar-refractivity contribution in [3.8, 4) is 0 Å². The van der Waals surface area contributed by atoms with Crippen molar-refractivity contribution >= 4 is 37.6 Å². The van der Waals surface area contributed by atoms with E-state index in [0.717, 1.165) is 15.6 Å². The van der Waals surface area contributed by atoms with Gasteiger partial charge in [0.15, 0.2) is 0 Å². The molecule has 1 N–H and O–H groups in total. The number of carbonyl (C=O) groups is 1. The van der Waals surface area contributed by atoms with Crippen LogP contribution in [0.25, 0.3) is 0 Å². The molecule has 0 spiro atoms. The molecule has 0 saturated heterocycles. The van der Waals surface area contributed by atoms with Crippen molar-refractivity contribution in [2.75, 3.05) is 4.72 Å². The van der Waals surface area contributed by atoms with Gasteiger partial charge in [0.2, 0.25) is 0 Å². The molecule has 0 radical (unpaired) electrons. The summed E-state index contributed by atoms with van der Waals surface area (Å²) in [5.41, 5.74) is 2.05. The fourth-order valence-corrected chi connectivity index (χ4v) is 3.63. The quantitative estimate of drug-likeness (QED) is 0.810. The van der Waals surface area contributed by atoms with Crippen LogP contribution in [0, 0.1) is 6.92 Å². The standard InChI is InChI=1S/C16H16BrNO4S/c1-11-10-13(17)5-8-15(11)18-23(21,22)14-6-2-12(3-7-14)4-9-16(19)20/h2-3,5-8,10,18H,4,9H2,1H3,(H,19,20)/p-1. The molecule has 0 aliphatic heterocycles. The van der Waals surface area contributed by atoms with Crippen LogP contribution in [-0.2, 0) is 21.2 Å². The van der Waals surface area contributed by atoms with Gasteiger partial charge in [-0.15, -0.1) is 0 Å². The molecule has 0 amide bonds. The van der Waals surface area contributed by atoms with Crippen LogP contribution in [0.2, 0.25) is 0 Å². The van der Waals surface area contributed by atoms with Crippen molar-refractivity contribution in [3.63, 3.8) is 0 Å². The Morgan fingerprint density at radius 2 is 1.83 bits per heavy atom. The van der Waals surface area contributed by atoms with E-state index in [-0.39, 0.29) is 11.3 Å². The van der Waals surface area contributed by atoms with Gasteiger partial charge < -0.3 is 9.90 Å². The van der Waals surface area contributed by atoms with E-state index >= 15 is 0 Å². The number of aryl methyl sites for hydroxylation is 2. The molecule has 0 aliphatic carbocycles. The molecule has 0 aliphatic rings. The summed E-state index contributed by atoms with van der Waals surface area (Å²) in [5, 5.41) is 10.4. The number of anilines is 1. The smallest absolute Gasteiger partial charge is 0.261 e. The second-order valence-corrected chi connectivity index (χ2v) is 7.68. The maximum atomic E-state index is 12.4. The molecular weight excluding hydrogens is 382 g/mol. The highest BCUT2D eigenvalue weighted by Crippen LogP contribution is 2.23. The molecule has 0 saturated carbocycles. The number of halogens is 1. The second-order valence-electron chi connectivity index (χ2n) is 5.08. The third kappa shape index (κ3) is 4.80. The van der Waals surface area contributed by atoms with E-state index < -0.39 is 16.0 Å². The van der Waals surface area contributed by atoms with Crippen LogP contribution < -0.4 is 9.83 Å². The van der Waals surface area contributed by atoms with E-state index in [0.29, 0.717) is 12.1 Å². The summed E-state index contributed by atoms with van der Waals surface area (Å²) in [6.07, 6.45) is 0.213. The number of carbonyl (C=O) groups excluding carboxylic acids is 1. The number of benzene rings is 2. The number of hydrogen-bond donors (Lipinski definition) is 1. The number of hydrogen-bond acceptors (Lipinski definition) is 4. The maximum Gasteiger partial charge on any atom is 0.261 e. The van der Waals surface area contributed by atoms with Gasteiger partial charge in [0, 0.05) is 10.4 Å². The first kappa shape index (κ1) is 17.5. The van der Waals surface area contributed by atoms with Crippen molar-refractivity contribution in [2.24, 2.45) is 0 Å². The number of nitrogens with one attached hydrogen (secondary N) is 1. The van der Waals surface area contributed by atoms with Gasteiger partial charge >= 0.3 is 0 Å². The summed E-state index contributed by atoms with van der Waals surface area (Å²) >= 11 is 3.33. The summed E-state index contributed by atoms with van der Waals surface area (Å²) in [7, 11) is -3.69. The largest absolute Gasteiger partial charge is 0.550 e. The summed E-state index contributed by atoms with van der Waals surface area (Å²) in [5.74, 6) is -1.13. The van der Waals surface area contributed by atoms with E-state index in [1.165, 1.54) is 12.1 Å². The number of carboxylic acids is 1. The maximum absolute atomic E-state index is 12.4. The topological polar surface area (TPSA) is 86.3 Å². The van der Waals surface area contributed by atoms with E-state index in [2.05, 4.69) is 20.7 Å². The predicted molar refractivity (Wildman–Crippen MR) is 89.5 cm³/mol. The molecule has 7 heteroatoms. The minimum atomic E-state index is -3.69. The van der Waals surface area contributed by atoms with Gasteiger partial charge in [0.1, 0.15) is 0 Å². The van der Waals surface area contributed by atoms with Crippen molar-refractivity contribution < 1.29 is 18.3 Å². The van der Waals surface area contributed by atoms with Gasteiger partial charge in [-0.3, -0.25) is 4.72 Å². The zero-order valence-electron chi connectivity index (χ0n) is 12.4. The van der Waals surface area contributed by atoms with Gasteiger partial charge in [0.05, 0.1) is 10.6 Å². The van der Waals surface area contributed by atoms with Gasteiger partial charge in [-0.05, 0) is 61.2 Å². The van der Waals surface area contributed by atoms with E-state index in [1.54, 1.807) is 24.3 Å². The third-order valence-electron chi connectivity index (χ3n) is 3.28. The molecule has 0 heterocycles. The van der Waals surface area contributed by atoms with Crippen LogP contribution in [0.5, 0.6) is 0 Å². The fraction of sp³-hybridized carbons (Fsp3) is 0.188. The average molecular weight is 397 g/mol. The number of rotatable bonds is 6. The first-order valence-electron chi connectivity index (χ1n) is 6.86. The molecule has 2 aromatic carbocycles. The highest BCUT2D eigenvalue weighted by Gasteiger charge is 2.15. The lowest BCUT2D eigenvalue weighted by atomic mass is 10.1. The SMILES string of the molecule is Cc1cc(Br)ccc1NS(=O)(=O)c1ccc(CCC(=O)[O-])cc1. The lowest BCUT2D eigenvalue weighted by Gasteiger charge is -2.11. The monoisotopic (exact) mass is 396 g/mol. The van der Waals surface area contributed by atoms with Crippen LogP contribution in [0.15, 0.2) is 51.8 Å². The van der Waals surface area contributed by atoms with Crippen LogP contribution in [0.1, 0.15) is 17.5 Å². The normalized spacial score (nSPS) is 11.2. The summed E-state index contributed by atoms with van der Waals surface area (Å²) in [6, 6.07) is 11.4. The van der Waals surface area contributed by atoms with Gasteiger partial charge in [-0.1, -0.05) is 28.1 Å². The van der Waals surface area contributed by atoms with E-state index in [1.807, 2.05) is 13.0 Å². The average Bonchev–Trinajstić information content (AvgIpc) is 2.48. The number of carboxylic acid groups (broad SMARTS) is 1. The second kappa shape index (κ2) is 7.14. The zero-order valence-corrected chi connectivity index (χ0v) is 14.8. The highest BCUT2D eigenvalue weighted by molar-refractivity contribution is 9.10. The highest BCUT2D eigenvalue weighted by atomic mass is 79.9. The molecule has 0 unspecified atom stereocenters. The molecule has 122 valence electrons. The first-order valence-corrected chi connectivity index (χ1v) is 9.13. The Morgan fingerprint density at radius 1 is 1.17 bits per heavy atom. The van der Waals surface area contributed by atoms with Crippen molar-refractivity contribution in [2.45, 2.75) is 24.7 Å². The van der Waals surface area contributed by atoms with Crippen LogP contribution >= 0.6 is 15.9 Å². The first-order chi connectivity index (χ1) is 10.8. The molecule has 0 atom stereocenters. The minimum absolute atomic E-state index is 0.0948. The van der Waals surface area contributed by atoms with Crippen LogP contribution in [-0.4, -0.2) is 14.4 Å². The number of aliphatic carboxylic acids is 1. The van der Waals surface area contributed by atoms with Crippen molar-refractivity contribution in [1.82, 2.24) is 0 Å². The Kier molecular flexibility index (Phi) is 5.43. The predicted octanol–water partition coefficient (Wildman–Crippen LogP) is 2.24. The molecule has 0 bridgehead atoms. The summed E-state index contributed by atoms with van der Waals surface area (Å²) < 4.78 is 28.2. The lowest BCUT2D eigenvalue weighted by Crippen LogP contribution is -2.22. The zero-order chi connectivity index (χ0) is 17.0. The molecule has 0 aromatic heterocycles. The molecule has 5 nitrogen and oxygen atoms in total. The third-order valence-corrected chi connectivity index (χ3v) is 5.16. The van der Waals surface area contributed by atoms with Crippen LogP contribution in [0.3, 0.4) is 0 Å². The lowest BCUT2D eigenvalue weighted by molar-refractivity contribution is -0.305. The Balaban J connectivity index is 2.17. The summed E-state index contributed by atoms with van der Waals surface area (Å²) in [4.78, 5) is 10.6. The van der Waals surface area contributed by atoms with E-state index in [9.17, 15) is 18.3 Å². The molecule has 2 rings (SSSR count). The van der Waals surface area contributed by atoms with Gasteiger partial charge in [-0.25, -0.2) is 8.42 Å². The van der Waals surface area contributed by atoms with Crippen molar-refractivity contribution in [3.05, 3.63) is 58.1 Å². The van der Waals surface area contributed by atoms with Gasteiger partial charge in [-0.2, -0.15) is 0 Å². The Hall–Kier alpha value is -1.86. The Bertz CT molecular complexity index is 816. The van der Waals surface area contributed by atoms with Gasteiger partial charge in [0.25, 0.3) is 10.0 Å². The Morgan fingerprint density at radius 3 is 2.39 bits per heavy atom. The molecular formula is C16H15BrNO4S-. The molecule has 23 heavy (non-hydrogen) atoms. The molecule has 2 aromatic rings. The van der Waals surface area contributed by atoms with Crippen molar-refractivity contribution in [1.29, 1.82) is 0 Å². The minimum Gasteiger partial charge on any atom is -0.550 e. The molecule has 0 fully saturated rings. The number of sulfonamides is 1. The van der Waals surface area contributed by atoms with E-state index in [4.69, 9.17) is 0 Å². The summed E-state index contributed by atoms with van der Waals surface area (Å²) in [6.45, 7) is 1.81. The van der Waals surface area contributed by atoms with Crippen LogP contribution in [0.4, 0.5) is 5.69 Å².